The van der Waals surface area contributed by atoms with Crippen molar-refractivity contribution in [2.75, 3.05) is 13.2 Å². The van der Waals surface area contributed by atoms with Crippen molar-refractivity contribution >= 4 is 17.9 Å². The molecule has 0 aliphatic heterocycles. The fraction of sp³-hybridized carbons (Fsp3) is 0.770. The molecule has 0 saturated heterocycles. The van der Waals surface area contributed by atoms with Gasteiger partial charge in [0, 0.05) is 19.3 Å². The standard InChI is InChI=1S/C74H130O6/c1-4-7-10-13-16-18-20-22-24-26-28-30-32-34-36-37-39-40-42-44-46-48-50-52-54-56-58-61-64-67-73(76)79-70-71(69-78-72(75)66-63-60-15-12-9-6-3)80-74(77)68-65-62-59-57-55-53-51-49-47-45-43-41-38-35-33-31-29-27-25-23-21-19-17-14-11-8-5-2/h8,11,17,19,23,25-26,28-29,31,35,38,43,45,71H,4-7,9-10,12-16,18,20-22,24,27,30,32-34,36-37,39-42,44,46-70H2,1-3H3/b11-8-,19-17-,25-23-,28-26-,31-29-,38-35-,45-43-. The Morgan fingerprint density at radius 2 is 0.487 bits per heavy atom. The van der Waals surface area contributed by atoms with Crippen molar-refractivity contribution in [3.8, 4) is 0 Å². The van der Waals surface area contributed by atoms with Crippen LogP contribution < -0.4 is 0 Å². The third-order valence-electron chi connectivity index (χ3n) is 15.1. The summed E-state index contributed by atoms with van der Waals surface area (Å²) in [5, 5.41) is 0. The SMILES string of the molecule is CC/C=C\C/C=C\C/C=C\C/C=C\C/C=C\C/C=C\CCCCCCCCCCC(=O)OC(COC(=O)CCCCCCCC)COC(=O)CCCCCCCCCCCCCCCCCCC/C=C\CCCCCCCCCC. The van der Waals surface area contributed by atoms with Crippen LogP contribution in [-0.4, -0.2) is 37.2 Å². The second-order valence-electron chi connectivity index (χ2n) is 23.1. The Morgan fingerprint density at radius 1 is 0.263 bits per heavy atom. The average Bonchev–Trinajstić information content (AvgIpc) is 3.46. The predicted molar refractivity (Wildman–Crippen MR) is 348 cm³/mol. The molecule has 0 amide bonds. The lowest BCUT2D eigenvalue weighted by Gasteiger charge is -2.18. The average molecular weight is 1120 g/mol. The van der Waals surface area contributed by atoms with Crippen molar-refractivity contribution in [1.29, 1.82) is 0 Å². The molecule has 0 N–H and O–H groups in total. The maximum Gasteiger partial charge on any atom is 0.306 e. The van der Waals surface area contributed by atoms with E-state index in [1.165, 1.54) is 205 Å². The quantitative estimate of drug-likeness (QED) is 0.0261. The Hall–Kier alpha value is -3.41. The Labute approximate surface area is 496 Å². The molecule has 0 aromatic rings. The molecule has 0 spiro atoms. The van der Waals surface area contributed by atoms with Gasteiger partial charge in [0.2, 0.25) is 0 Å². The van der Waals surface area contributed by atoms with E-state index in [0.717, 1.165) is 103 Å². The minimum absolute atomic E-state index is 0.0767. The summed E-state index contributed by atoms with van der Waals surface area (Å²) in [4.78, 5) is 38.1. The fourth-order valence-corrected chi connectivity index (χ4v) is 9.97. The van der Waals surface area contributed by atoms with E-state index < -0.39 is 6.10 Å². The molecule has 1 unspecified atom stereocenters. The Bertz CT molecular complexity index is 1520. The van der Waals surface area contributed by atoms with E-state index in [9.17, 15) is 14.4 Å². The Balaban J connectivity index is 4.05. The maximum atomic E-state index is 12.9. The molecule has 0 aromatic heterocycles. The predicted octanol–water partition coefficient (Wildman–Crippen LogP) is 23.8. The normalized spacial score (nSPS) is 12.6. The lowest BCUT2D eigenvalue weighted by atomic mass is 10.0. The molecule has 0 rings (SSSR count). The Morgan fingerprint density at radius 3 is 0.775 bits per heavy atom. The molecule has 0 aliphatic rings. The summed E-state index contributed by atoms with van der Waals surface area (Å²) in [6.07, 6.45) is 90.8. The van der Waals surface area contributed by atoms with E-state index >= 15 is 0 Å². The zero-order valence-electron chi connectivity index (χ0n) is 53.1. The highest BCUT2D eigenvalue weighted by Gasteiger charge is 2.19. The van der Waals surface area contributed by atoms with Gasteiger partial charge in [-0.05, 0) is 96.3 Å². The molecule has 80 heavy (non-hydrogen) atoms. The molecule has 0 heterocycles. The summed E-state index contributed by atoms with van der Waals surface area (Å²) in [6.45, 7) is 6.50. The number of ether oxygens (including phenoxy) is 3. The van der Waals surface area contributed by atoms with Crippen molar-refractivity contribution in [1.82, 2.24) is 0 Å². The first-order chi connectivity index (χ1) is 39.5. The van der Waals surface area contributed by atoms with Crippen LogP contribution in [0.25, 0.3) is 0 Å². The molecule has 0 saturated carbocycles. The van der Waals surface area contributed by atoms with E-state index in [1.54, 1.807) is 0 Å². The third-order valence-corrected chi connectivity index (χ3v) is 15.1. The first-order valence-corrected chi connectivity index (χ1v) is 34.6. The molecule has 6 nitrogen and oxygen atoms in total. The van der Waals surface area contributed by atoms with Crippen LogP contribution in [0.4, 0.5) is 0 Å². The molecule has 6 heteroatoms. The smallest absolute Gasteiger partial charge is 0.306 e. The fourth-order valence-electron chi connectivity index (χ4n) is 9.97. The number of carbonyl (C=O) groups is 3. The summed E-state index contributed by atoms with van der Waals surface area (Å²) < 4.78 is 16.8. The zero-order valence-corrected chi connectivity index (χ0v) is 53.1. The van der Waals surface area contributed by atoms with Gasteiger partial charge in [-0.3, -0.25) is 14.4 Å². The molecular weight excluding hydrogens is 985 g/mol. The number of esters is 3. The van der Waals surface area contributed by atoms with Crippen LogP contribution in [0, 0.1) is 0 Å². The van der Waals surface area contributed by atoms with Crippen molar-refractivity contribution in [3.63, 3.8) is 0 Å². The van der Waals surface area contributed by atoms with Gasteiger partial charge in [-0.1, -0.05) is 318 Å². The molecule has 0 fully saturated rings. The van der Waals surface area contributed by atoms with Gasteiger partial charge in [0.15, 0.2) is 6.10 Å². The lowest BCUT2D eigenvalue weighted by molar-refractivity contribution is -0.167. The highest BCUT2D eigenvalue weighted by Crippen LogP contribution is 2.17. The number of unbranched alkanes of at least 4 members (excludes halogenated alkanes) is 38. The van der Waals surface area contributed by atoms with Gasteiger partial charge in [-0.2, -0.15) is 0 Å². The van der Waals surface area contributed by atoms with Gasteiger partial charge >= 0.3 is 17.9 Å². The second-order valence-corrected chi connectivity index (χ2v) is 23.1. The topological polar surface area (TPSA) is 78.9 Å². The highest BCUT2D eigenvalue weighted by atomic mass is 16.6. The van der Waals surface area contributed by atoms with Crippen LogP contribution >= 0.6 is 0 Å². The molecule has 1 atom stereocenters. The van der Waals surface area contributed by atoms with Crippen LogP contribution in [0.2, 0.25) is 0 Å². The number of allylic oxidation sites excluding steroid dienone is 14. The third kappa shape index (κ3) is 65.4. The monoisotopic (exact) mass is 1110 g/mol. The van der Waals surface area contributed by atoms with Crippen LogP contribution in [0.5, 0.6) is 0 Å². The van der Waals surface area contributed by atoms with Crippen LogP contribution in [0.1, 0.15) is 348 Å². The second kappa shape index (κ2) is 68.1. The van der Waals surface area contributed by atoms with E-state index in [0.29, 0.717) is 19.3 Å². The van der Waals surface area contributed by atoms with Crippen molar-refractivity contribution in [2.45, 2.75) is 354 Å². The first-order valence-electron chi connectivity index (χ1n) is 34.6. The maximum absolute atomic E-state index is 12.9. The Kier molecular flexibility index (Phi) is 65.2. The summed E-state index contributed by atoms with van der Waals surface area (Å²) in [6, 6.07) is 0. The summed E-state index contributed by atoms with van der Waals surface area (Å²) in [5.41, 5.74) is 0. The number of carbonyl (C=O) groups excluding carboxylic acids is 3. The van der Waals surface area contributed by atoms with Gasteiger partial charge in [-0.15, -0.1) is 0 Å². The van der Waals surface area contributed by atoms with Gasteiger partial charge in [0.1, 0.15) is 13.2 Å². The molecular formula is C74H130O6. The van der Waals surface area contributed by atoms with Crippen molar-refractivity contribution < 1.29 is 28.6 Å². The zero-order chi connectivity index (χ0) is 57.8. The minimum Gasteiger partial charge on any atom is -0.462 e. The number of hydrogen-bond acceptors (Lipinski definition) is 6. The molecule has 0 bridgehead atoms. The number of rotatable bonds is 63. The summed E-state index contributed by atoms with van der Waals surface area (Å²) >= 11 is 0. The largest absolute Gasteiger partial charge is 0.462 e. The van der Waals surface area contributed by atoms with E-state index in [4.69, 9.17) is 14.2 Å². The van der Waals surface area contributed by atoms with E-state index in [-0.39, 0.29) is 31.1 Å². The number of hydrogen-bond donors (Lipinski definition) is 0. The van der Waals surface area contributed by atoms with Gasteiger partial charge in [0.25, 0.3) is 0 Å². The summed E-state index contributed by atoms with van der Waals surface area (Å²) in [5.74, 6) is -0.881. The van der Waals surface area contributed by atoms with Crippen LogP contribution in [0.15, 0.2) is 85.1 Å². The highest BCUT2D eigenvalue weighted by molar-refractivity contribution is 5.71. The first kappa shape index (κ1) is 76.6. The van der Waals surface area contributed by atoms with Crippen LogP contribution in [0.3, 0.4) is 0 Å². The van der Waals surface area contributed by atoms with Crippen molar-refractivity contribution in [2.24, 2.45) is 0 Å². The molecule has 0 radical (unpaired) electrons. The van der Waals surface area contributed by atoms with Gasteiger partial charge in [0.05, 0.1) is 0 Å². The van der Waals surface area contributed by atoms with Gasteiger partial charge < -0.3 is 14.2 Å². The van der Waals surface area contributed by atoms with E-state index in [1.807, 2.05) is 0 Å². The van der Waals surface area contributed by atoms with Crippen molar-refractivity contribution in [3.05, 3.63) is 85.1 Å². The van der Waals surface area contributed by atoms with Gasteiger partial charge in [-0.25, -0.2) is 0 Å². The molecule has 462 valence electrons. The minimum atomic E-state index is -0.778. The lowest BCUT2D eigenvalue weighted by Crippen LogP contribution is -2.30. The molecule has 0 aliphatic carbocycles. The molecule has 0 aromatic carbocycles. The summed E-state index contributed by atoms with van der Waals surface area (Å²) in [7, 11) is 0. The van der Waals surface area contributed by atoms with Crippen LogP contribution in [-0.2, 0) is 28.6 Å². The van der Waals surface area contributed by atoms with E-state index in [2.05, 4.69) is 106 Å².